The normalized spacial score (nSPS) is 13.7. The van der Waals surface area contributed by atoms with Crippen molar-refractivity contribution in [2.24, 2.45) is 5.10 Å². The van der Waals surface area contributed by atoms with Crippen molar-refractivity contribution in [2.45, 2.75) is 6.42 Å². The number of esters is 1. The smallest absolute Gasteiger partial charge is 0.331 e. The zero-order chi connectivity index (χ0) is 18.4. The van der Waals surface area contributed by atoms with Crippen LogP contribution >= 0.6 is 11.6 Å². The lowest BCUT2D eigenvalue weighted by Gasteiger charge is -2.10. The van der Waals surface area contributed by atoms with Crippen molar-refractivity contribution in [3.8, 4) is 0 Å². The molecular weight excluding hydrogens is 352 g/mol. The van der Waals surface area contributed by atoms with Crippen LogP contribution in [-0.2, 0) is 14.3 Å². The number of amides is 1. The molecule has 2 aromatic rings. The number of hydrazone groups is 1. The largest absolute Gasteiger partial charge is 0.452 e. The van der Waals surface area contributed by atoms with Crippen LogP contribution in [0, 0.1) is 0 Å². The molecule has 3 rings (SSSR count). The minimum Gasteiger partial charge on any atom is -0.452 e. The summed E-state index contributed by atoms with van der Waals surface area (Å²) in [6, 6.07) is 16.8. The van der Waals surface area contributed by atoms with E-state index in [2.05, 4.69) is 5.10 Å². The molecule has 0 unspecified atom stereocenters. The van der Waals surface area contributed by atoms with Gasteiger partial charge in [0.1, 0.15) is 0 Å². The first-order valence-electron chi connectivity index (χ1n) is 8.16. The Morgan fingerprint density at radius 3 is 2.62 bits per heavy atom. The molecular formula is C20H17ClN2O3. The Morgan fingerprint density at radius 1 is 1.12 bits per heavy atom. The molecule has 26 heavy (non-hydrogen) atoms. The summed E-state index contributed by atoms with van der Waals surface area (Å²) in [6.07, 6.45) is 3.48. The van der Waals surface area contributed by atoms with Gasteiger partial charge >= 0.3 is 5.97 Å². The number of ether oxygens (including phenoxy) is 1. The Balaban J connectivity index is 1.52. The number of hydrogen-bond acceptors (Lipinski definition) is 4. The van der Waals surface area contributed by atoms with Gasteiger partial charge in [-0.05, 0) is 23.3 Å². The van der Waals surface area contributed by atoms with Crippen molar-refractivity contribution >= 4 is 35.3 Å². The van der Waals surface area contributed by atoms with Crippen LogP contribution in [0.3, 0.4) is 0 Å². The highest BCUT2D eigenvalue weighted by Crippen LogP contribution is 2.16. The van der Waals surface area contributed by atoms with E-state index >= 15 is 0 Å². The van der Waals surface area contributed by atoms with E-state index in [1.165, 1.54) is 11.1 Å². The van der Waals surface area contributed by atoms with E-state index in [9.17, 15) is 9.59 Å². The molecule has 0 saturated carbocycles. The fraction of sp³-hybridized carbons (Fsp3) is 0.150. The van der Waals surface area contributed by atoms with Crippen molar-refractivity contribution in [2.75, 3.05) is 13.2 Å². The summed E-state index contributed by atoms with van der Waals surface area (Å²) in [7, 11) is 0. The molecule has 132 valence electrons. The van der Waals surface area contributed by atoms with Crippen LogP contribution in [0.4, 0.5) is 0 Å². The fourth-order valence-corrected chi connectivity index (χ4v) is 2.69. The topological polar surface area (TPSA) is 59.0 Å². The standard InChI is InChI=1S/C20H17ClN2O3/c21-17-9-5-4-6-15(17)10-11-20(25)26-14-19(24)23-13-12-18(22-23)16-7-2-1-3-8-16/h1-11H,12-14H2/b11-10+. The number of carbonyl (C=O) groups is 2. The first-order chi connectivity index (χ1) is 12.6. The molecule has 0 spiro atoms. The molecule has 0 aromatic heterocycles. The summed E-state index contributed by atoms with van der Waals surface area (Å²) in [5, 5.41) is 6.19. The van der Waals surface area contributed by atoms with Crippen LogP contribution in [0.1, 0.15) is 17.5 Å². The highest BCUT2D eigenvalue weighted by atomic mass is 35.5. The van der Waals surface area contributed by atoms with Crippen molar-refractivity contribution in [3.05, 3.63) is 76.8 Å². The minimum absolute atomic E-state index is 0.350. The van der Waals surface area contributed by atoms with Gasteiger partial charge in [0, 0.05) is 17.5 Å². The number of carbonyl (C=O) groups excluding carboxylic acids is 2. The molecule has 0 bridgehead atoms. The maximum atomic E-state index is 12.2. The van der Waals surface area contributed by atoms with Gasteiger partial charge in [0.2, 0.25) is 0 Å². The zero-order valence-electron chi connectivity index (χ0n) is 14.0. The molecule has 0 atom stereocenters. The Bertz CT molecular complexity index is 862. The molecule has 0 N–H and O–H groups in total. The van der Waals surface area contributed by atoms with Gasteiger partial charge in [-0.15, -0.1) is 0 Å². The third-order valence-corrected chi connectivity index (χ3v) is 4.18. The molecule has 1 aliphatic rings. The van der Waals surface area contributed by atoms with Crippen molar-refractivity contribution in [1.82, 2.24) is 5.01 Å². The number of nitrogens with zero attached hydrogens (tertiary/aromatic N) is 2. The molecule has 0 fully saturated rings. The minimum atomic E-state index is -0.607. The predicted octanol–water partition coefficient (Wildman–Crippen LogP) is 3.53. The number of benzene rings is 2. The lowest BCUT2D eigenvalue weighted by molar-refractivity contribution is -0.147. The summed E-state index contributed by atoms with van der Waals surface area (Å²) >= 11 is 6.01. The van der Waals surface area contributed by atoms with E-state index in [4.69, 9.17) is 16.3 Å². The molecule has 5 nitrogen and oxygen atoms in total. The zero-order valence-corrected chi connectivity index (χ0v) is 14.7. The molecule has 1 heterocycles. The summed E-state index contributed by atoms with van der Waals surface area (Å²) in [6.45, 7) is 0.132. The summed E-state index contributed by atoms with van der Waals surface area (Å²) in [5.74, 6) is -0.958. The van der Waals surface area contributed by atoms with E-state index in [0.717, 1.165) is 11.3 Å². The van der Waals surface area contributed by atoms with Gasteiger partial charge in [-0.2, -0.15) is 5.10 Å². The van der Waals surface area contributed by atoms with Crippen molar-refractivity contribution < 1.29 is 14.3 Å². The van der Waals surface area contributed by atoms with E-state index in [1.807, 2.05) is 36.4 Å². The van der Waals surface area contributed by atoms with Crippen LogP contribution in [0.2, 0.25) is 5.02 Å². The second kappa shape index (κ2) is 8.45. The quantitative estimate of drug-likeness (QED) is 0.599. The Labute approximate surface area is 156 Å². The van der Waals surface area contributed by atoms with E-state index in [1.54, 1.807) is 24.3 Å². The first-order valence-corrected chi connectivity index (χ1v) is 8.54. The molecule has 1 aliphatic heterocycles. The third-order valence-electron chi connectivity index (χ3n) is 3.84. The molecule has 6 heteroatoms. The molecule has 1 amide bonds. The Kier molecular flexibility index (Phi) is 5.81. The number of rotatable bonds is 5. The van der Waals surface area contributed by atoms with Gasteiger partial charge in [-0.3, -0.25) is 4.79 Å². The SMILES string of the molecule is O=C(/C=C/c1ccccc1Cl)OCC(=O)N1CCC(c2ccccc2)=N1. The number of hydrogen-bond donors (Lipinski definition) is 0. The fourth-order valence-electron chi connectivity index (χ4n) is 2.49. The first kappa shape index (κ1) is 17.9. The molecule has 2 aromatic carbocycles. The van der Waals surface area contributed by atoms with Gasteiger partial charge in [0.15, 0.2) is 6.61 Å². The summed E-state index contributed by atoms with van der Waals surface area (Å²) < 4.78 is 4.99. The van der Waals surface area contributed by atoms with Crippen LogP contribution < -0.4 is 0 Å². The van der Waals surface area contributed by atoms with Crippen LogP contribution in [-0.4, -0.2) is 35.7 Å². The van der Waals surface area contributed by atoms with Crippen molar-refractivity contribution in [1.29, 1.82) is 0 Å². The van der Waals surface area contributed by atoms with E-state index in [-0.39, 0.29) is 12.5 Å². The molecule has 0 aliphatic carbocycles. The maximum absolute atomic E-state index is 12.2. The monoisotopic (exact) mass is 368 g/mol. The maximum Gasteiger partial charge on any atom is 0.331 e. The molecule has 0 saturated heterocycles. The van der Waals surface area contributed by atoms with Crippen molar-refractivity contribution in [3.63, 3.8) is 0 Å². The van der Waals surface area contributed by atoms with Crippen LogP contribution in [0.5, 0.6) is 0 Å². The third kappa shape index (κ3) is 4.58. The van der Waals surface area contributed by atoms with E-state index < -0.39 is 5.97 Å². The molecule has 0 radical (unpaired) electrons. The average Bonchev–Trinajstić information content (AvgIpc) is 3.16. The number of halogens is 1. The second-order valence-electron chi connectivity index (χ2n) is 5.64. The van der Waals surface area contributed by atoms with Gasteiger partial charge < -0.3 is 4.74 Å². The summed E-state index contributed by atoms with van der Waals surface area (Å²) in [5.41, 5.74) is 2.54. The second-order valence-corrected chi connectivity index (χ2v) is 6.05. The average molecular weight is 369 g/mol. The van der Waals surface area contributed by atoms with Gasteiger partial charge in [-0.25, -0.2) is 9.80 Å². The summed E-state index contributed by atoms with van der Waals surface area (Å²) in [4.78, 5) is 23.9. The van der Waals surface area contributed by atoms with E-state index in [0.29, 0.717) is 23.6 Å². The highest BCUT2D eigenvalue weighted by molar-refractivity contribution is 6.32. The van der Waals surface area contributed by atoms with Crippen LogP contribution in [0.25, 0.3) is 6.08 Å². The van der Waals surface area contributed by atoms with Crippen LogP contribution in [0.15, 0.2) is 65.8 Å². The van der Waals surface area contributed by atoms with Gasteiger partial charge in [-0.1, -0.05) is 60.1 Å². The van der Waals surface area contributed by atoms with Gasteiger partial charge in [0.05, 0.1) is 12.3 Å². The van der Waals surface area contributed by atoms with Gasteiger partial charge in [0.25, 0.3) is 5.91 Å². The lowest BCUT2D eigenvalue weighted by Crippen LogP contribution is -2.28. The highest BCUT2D eigenvalue weighted by Gasteiger charge is 2.22. The Hall–Kier alpha value is -2.92. The lowest BCUT2D eigenvalue weighted by atomic mass is 10.1. The predicted molar refractivity (Wildman–Crippen MR) is 101 cm³/mol. The Morgan fingerprint density at radius 2 is 1.85 bits per heavy atom.